The second kappa shape index (κ2) is 4.60. The molecule has 0 saturated carbocycles. The van der Waals surface area contributed by atoms with E-state index in [-0.39, 0.29) is 18.5 Å². The predicted molar refractivity (Wildman–Crippen MR) is 58.3 cm³/mol. The molecule has 0 spiro atoms. The Morgan fingerprint density at radius 1 is 1.38 bits per heavy atom. The van der Waals surface area contributed by atoms with Crippen LogP contribution in [0.3, 0.4) is 0 Å². The van der Waals surface area contributed by atoms with Crippen molar-refractivity contribution in [1.82, 2.24) is 20.2 Å². The van der Waals surface area contributed by atoms with E-state index in [4.69, 9.17) is 21.8 Å². The van der Waals surface area contributed by atoms with Gasteiger partial charge in [0.15, 0.2) is 5.65 Å². The first-order chi connectivity index (χ1) is 7.74. The molecule has 2 aromatic heterocycles. The number of aromatic amines is 1. The smallest absolute Gasteiger partial charge is 0.226 e. The summed E-state index contributed by atoms with van der Waals surface area (Å²) in [6, 6.07) is -0.496. The van der Waals surface area contributed by atoms with Crippen LogP contribution in [0.2, 0.25) is 5.28 Å². The first-order valence-electron chi connectivity index (χ1n) is 4.59. The minimum atomic E-state index is -0.496. The van der Waals surface area contributed by atoms with Crippen LogP contribution in [0.25, 0.3) is 11.0 Å². The van der Waals surface area contributed by atoms with Crippen LogP contribution >= 0.6 is 11.6 Å². The monoisotopic (exact) mass is 243 g/mol. The molecule has 0 fully saturated rings. The third kappa shape index (κ3) is 2.06. The summed E-state index contributed by atoms with van der Waals surface area (Å²) in [5.74, 6) is 0.428. The SMILES string of the molecule is OCC(CO)Nc1nc(Cl)nc2[nH]ncc12. The van der Waals surface area contributed by atoms with E-state index in [1.807, 2.05) is 0 Å². The van der Waals surface area contributed by atoms with Crippen molar-refractivity contribution in [1.29, 1.82) is 0 Å². The molecular formula is C8H10ClN5O2. The van der Waals surface area contributed by atoms with Gasteiger partial charge in [0, 0.05) is 0 Å². The normalized spacial score (nSPS) is 11.2. The number of aromatic nitrogens is 4. The van der Waals surface area contributed by atoms with Gasteiger partial charge in [-0.1, -0.05) is 0 Å². The van der Waals surface area contributed by atoms with Crippen LogP contribution in [0.1, 0.15) is 0 Å². The van der Waals surface area contributed by atoms with E-state index in [0.29, 0.717) is 16.9 Å². The zero-order valence-electron chi connectivity index (χ0n) is 8.18. The lowest BCUT2D eigenvalue weighted by atomic mass is 10.3. The van der Waals surface area contributed by atoms with Gasteiger partial charge in [0.1, 0.15) is 5.82 Å². The summed E-state index contributed by atoms with van der Waals surface area (Å²) < 4.78 is 0. The van der Waals surface area contributed by atoms with E-state index >= 15 is 0 Å². The van der Waals surface area contributed by atoms with E-state index in [9.17, 15) is 0 Å². The number of aliphatic hydroxyl groups is 2. The number of hydrogen-bond acceptors (Lipinski definition) is 6. The molecule has 2 aromatic rings. The molecule has 0 aliphatic rings. The van der Waals surface area contributed by atoms with Crippen LogP contribution in [-0.2, 0) is 0 Å². The number of H-pyrrole nitrogens is 1. The molecule has 8 heteroatoms. The highest BCUT2D eigenvalue weighted by molar-refractivity contribution is 6.28. The fourth-order valence-electron chi connectivity index (χ4n) is 1.26. The van der Waals surface area contributed by atoms with Crippen LogP contribution in [0.4, 0.5) is 5.82 Å². The molecule has 0 bridgehead atoms. The van der Waals surface area contributed by atoms with E-state index < -0.39 is 6.04 Å². The van der Waals surface area contributed by atoms with Gasteiger partial charge >= 0.3 is 0 Å². The maximum atomic E-state index is 8.96. The summed E-state index contributed by atoms with van der Waals surface area (Å²) in [5.41, 5.74) is 0.497. The van der Waals surface area contributed by atoms with Gasteiger partial charge in [0.05, 0.1) is 30.8 Å². The number of aliphatic hydroxyl groups excluding tert-OH is 2. The highest BCUT2D eigenvalue weighted by Gasteiger charge is 2.12. The molecule has 0 amide bonds. The predicted octanol–water partition coefficient (Wildman–Crippen LogP) is -0.229. The van der Waals surface area contributed by atoms with E-state index in [1.165, 1.54) is 0 Å². The largest absolute Gasteiger partial charge is 0.394 e. The lowest BCUT2D eigenvalue weighted by Crippen LogP contribution is -2.28. The van der Waals surface area contributed by atoms with Crippen molar-refractivity contribution in [2.24, 2.45) is 0 Å². The second-order valence-electron chi connectivity index (χ2n) is 3.18. The average Bonchev–Trinajstić information content (AvgIpc) is 2.73. The maximum Gasteiger partial charge on any atom is 0.226 e. The molecule has 4 N–H and O–H groups in total. The third-order valence-corrected chi connectivity index (χ3v) is 2.23. The van der Waals surface area contributed by atoms with Gasteiger partial charge in [-0.15, -0.1) is 0 Å². The molecule has 0 aliphatic carbocycles. The van der Waals surface area contributed by atoms with E-state index in [2.05, 4.69) is 25.5 Å². The Labute approximate surface area is 95.5 Å². The van der Waals surface area contributed by atoms with Gasteiger partial charge in [-0.2, -0.15) is 15.1 Å². The molecule has 7 nitrogen and oxygen atoms in total. The summed E-state index contributed by atoms with van der Waals surface area (Å²) in [7, 11) is 0. The number of halogens is 1. The Balaban J connectivity index is 2.38. The van der Waals surface area contributed by atoms with Gasteiger partial charge < -0.3 is 15.5 Å². The van der Waals surface area contributed by atoms with Crippen LogP contribution in [0.5, 0.6) is 0 Å². The zero-order valence-corrected chi connectivity index (χ0v) is 8.94. The molecule has 0 atom stereocenters. The Bertz CT molecular complexity index is 484. The van der Waals surface area contributed by atoms with Crippen molar-refractivity contribution >= 4 is 28.5 Å². The summed E-state index contributed by atoms with van der Waals surface area (Å²) >= 11 is 5.72. The van der Waals surface area contributed by atoms with Crippen molar-refractivity contribution < 1.29 is 10.2 Å². The molecule has 16 heavy (non-hydrogen) atoms. The summed E-state index contributed by atoms with van der Waals surface area (Å²) in [6.45, 7) is -0.422. The Kier molecular flexibility index (Phi) is 3.18. The van der Waals surface area contributed by atoms with Crippen LogP contribution < -0.4 is 5.32 Å². The van der Waals surface area contributed by atoms with Gasteiger partial charge in [0.25, 0.3) is 0 Å². The summed E-state index contributed by atoms with van der Waals surface area (Å²) in [5, 5.41) is 28.0. The highest BCUT2D eigenvalue weighted by atomic mass is 35.5. The lowest BCUT2D eigenvalue weighted by Gasteiger charge is -2.14. The summed E-state index contributed by atoms with van der Waals surface area (Å²) in [4.78, 5) is 7.90. The quantitative estimate of drug-likeness (QED) is 0.553. The molecule has 0 saturated heterocycles. The molecule has 0 aromatic carbocycles. The van der Waals surface area contributed by atoms with Crippen LogP contribution in [0, 0.1) is 0 Å². The number of fused-ring (bicyclic) bond motifs is 1. The maximum absolute atomic E-state index is 8.96. The number of nitrogens with one attached hydrogen (secondary N) is 2. The van der Waals surface area contributed by atoms with E-state index in [0.717, 1.165) is 0 Å². The zero-order chi connectivity index (χ0) is 11.5. The topological polar surface area (TPSA) is 107 Å². The van der Waals surface area contributed by atoms with Gasteiger partial charge in [-0.3, -0.25) is 5.10 Å². The van der Waals surface area contributed by atoms with E-state index in [1.54, 1.807) is 6.20 Å². The van der Waals surface area contributed by atoms with Gasteiger partial charge in [-0.25, -0.2) is 0 Å². The molecular weight excluding hydrogens is 234 g/mol. The van der Waals surface area contributed by atoms with Gasteiger partial charge in [-0.05, 0) is 11.6 Å². The van der Waals surface area contributed by atoms with Gasteiger partial charge in [0.2, 0.25) is 5.28 Å². The number of hydrogen-bond donors (Lipinski definition) is 4. The standard InChI is InChI=1S/C8H10ClN5O2/c9-8-12-6(11-4(2-15)3-16)5-1-10-14-7(5)13-8/h1,4,15-16H,2-3H2,(H2,10,11,12,13,14). The minimum Gasteiger partial charge on any atom is -0.394 e. The molecule has 2 rings (SSSR count). The number of nitrogens with zero attached hydrogens (tertiary/aromatic N) is 3. The molecule has 86 valence electrons. The van der Waals surface area contributed by atoms with Crippen molar-refractivity contribution in [2.45, 2.75) is 6.04 Å². The highest BCUT2D eigenvalue weighted by Crippen LogP contribution is 2.20. The fraction of sp³-hybridized carbons (Fsp3) is 0.375. The molecule has 2 heterocycles. The number of rotatable bonds is 4. The van der Waals surface area contributed by atoms with Crippen molar-refractivity contribution in [3.63, 3.8) is 0 Å². The first kappa shape index (κ1) is 11.1. The molecule has 0 aliphatic heterocycles. The lowest BCUT2D eigenvalue weighted by molar-refractivity contribution is 0.203. The molecule has 0 radical (unpaired) electrons. The average molecular weight is 244 g/mol. The van der Waals surface area contributed by atoms with Crippen LogP contribution in [0.15, 0.2) is 6.20 Å². The third-order valence-electron chi connectivity index (χ3n) is 2.06. The number of anilines is 1. The Hall–Kier alpha value is -1.44. The van der Waals surface area contributed by atoms with Crippen molar-refractivity contribution in [2.75, 3.05) is 18.5 Å². The Morgan fingerprint density at radius 2 is 2.12 bits per heavy atom. The fourth-order valence-corrected chi connectivity index (χ4v) is 1.43. The summed E-state index contributed by atoms with van der Waals surface area (Å²) in [6.07, 6.45) is 1.54. The minimum absolute atomic E-state index is 0.0638. The van der Waals surface area contributed by atoms with Crippen LogP contribution in [-0.4, -0.2) is 49.6 Å². The molecule has 0 unspecified atom stereocenters. The Morgan fingerprint density at radius 3 is 2.81 bits per heavy atom. The second-order valence-corrected chi connectivity index (χ2v) is 3.52. The van der Waals surface area contributed by atoms with Crippen molar-refractivity contribution in [3.05, 3.63) is 11.5 Å². The first-order valence-corrected chi connectivity index (χ1v) is 4.97. The van der Waals surface area contributed by atoms with Crippen molar-refractivity contribution in [3.8, 4) is 0 Å².